The molecule has 1 aliphatic heterocycles. The van der Waals surface area contributed by atoms with Crippen LogP contribution in [0.3, 0.4) is 0 Å². The van der Waals surface area contributed by atoms with Gasteiger partial charge >= 0.3 is 0 Å². The molecule has 3 rings (SSSR count). The number of nitrogens with zero attached hydrogens (tertiary/aromatic N) is 1. The van der Waals surface area contributed by atoms with Crippen molar-refractivity contribution in [3.8, 4) is 0 Å². The molecule has 2 aromatic rings. The van der Waals surface area contributed by atoms with Gasteiger partial charge in [-0.05, 0) is 56.7 Å². The van der Waals surface area contributed by atoms with Crippen LogP contribution in [0, 0.1) is 12.3 Å². The smallest absolute Gasteiger partial charge is 0.255 e. The van der Waals surface area contributed by atoms with Gasteiger partial charge in [0.25, 0.3) is 5.91 Å². The largest absolute Gasteiger partial charge is 0.322 e. The number of nitrogens with one attached hydrogen (secondary N) is 1. The summed E-state index contributed by atoms with van der Waals surface area (Å²) in [7, 11) is -3.87. The third kappa shape index (κ3) is 3.81. The number of halogens is 2. The molecule has 1 saturated heterocycles. The van der Waals surface area contributed by atoms with Crippen molar-refractivity contribution in [2.75, 3.05) is 15.4 Å². The number of carbonyl (C=O) groups excluding carboxylic acids is 2. The Bertz CT molecular complexity index is 1100. The molecule has 0 bridgehead atoms. The van der Waals surface area contributed by atoms with Gasteiger partial charge in [0, 0.05) is 15.7 Å². The van der Waals surface area contributed by atoms with Gasteiger partial charge in [0.05, 0.1) is 21.9 Å². The van der Waals surface area contributed by atoms with E-state index in [0.717, 1.165) is 10.0 Å². The van der Waals surface area contributed by atoms with Crippen LogP contribution in [0.5, 0.6) is 0 Å². The van der Waals surface area contributed by atoms with Crippen molar-refractivity contribution in [2.45, 2.75) is 20.8 Å². The summed E-state index contributed by atoms with van der Waals surface area (Å²) in [4.78, 5) is 25.3. The lowest BCUT2D eigenvalue weighted by Gasteiger charge is -2.19. The molecular weight excluding hydrogens is 468 g/mol. The maximum absolute atomic E-state index is 12.6. The summed E-state index contributed by atoms with van der Waals surface area (Å²) in [5.74, 6) is -1.34. The van der Waals surface area contributed by atoms with Gasteiger partial charge in [0.15, 0.2) is 0 Å². The first kappa shape index (κ1) is 20.8. The van der Waals surface area contributed by atoms with Crippen LogP contribution in [0.4, 0.5) is 11.4 Å². The summed E-state index contributed by atoms with van der Waals surface area (Å²) in [6.07, 6.45) is 0. The quantitative estimate of drug-likeness (QED) is 0.700. The number of aryl methyl sites for hydroxylation is 1. The highest BCUT2D eigenvalue weighted by Crippen LogP contribution is 2.39. The molecule has 0 saturated carbocycles. The van der Waals surface area contributed by atoms with E-state index in [-0.39, 0.29) is 22.0 Å². The van der Waals surface area contributed by atoms with Gasteiger partial charge in [0.2, 0.25) is 15.9 Å². The predicted octanol–water partition coefficient (Wildman–Crippen LogP) is 4.37. The molecule has 0 unspecified atom stereocenters. The Labute approximate surface area is 177 Å². The van der Waals surface area contributed by atoms with Crippen molar-refractivity contribution in [1.82, 2.24) is 0 Å². The van der Waals surface area contributed by atoms with Crippen molar-refractivity contribution in [2.24, 2.45) is 5.41 Å². The molecule has 0 aliphatic carbocycles. The minimum Gasteiger partial charge on any atom is -0.322 e. The molecule has 9 heteroatoms. The summed E-state index contributed by atoms with van der Waals surface area (Å²) < 4.78 is 26.6. The predicted molar refractivity (Wildman–Crippen MR) is 113 cm³/mol. The number of anilines is 2. The molecular formula is C19H18BrClN2O4S. The number of benzene rings is 2. The number of hydrogen-bond donors (Lipinski definition) is 1. The Morgan fingerprint density at radius 2 is 1.89 bits per heavy atom. The fourth-order valence-corrected chi connectivity index (χ4v) is 5.67. The summed E-state index contributed by atoms with van der Waals surface area (Å²) in [6.45, 7) is 5.05. The fourth-order valence-electron chi connectivity index (χ4n) is 2.93. The third-order valence-corrected chi connectivity index (χ3v) is 7.62. The van der Waals surface area contributed by atoms with Gasteiger partial charge in [-0.2, -0.15) is 0 Å². The van der Waals surface area contributed by atoms with E-state index in [1.54, 1.807) is 26.0 Å². The standard InChI is InChI=1S/C19H18BrClN2O4S/c1-11-4-6-13(9-14(11)20)22-17(24)12-5-7-15(21)16(8-12)23-18(25)19(2,3)10-28(23,26)27/h4-9H,10H2,1-3H3,(H,22,24). The van der Waals surface area contributed by atoms with Crippen molar-refractivity contribution >= 4 is 60.7 Å². The van der Waals surface area contributed by atoms with Crippen LogP contribution in [0.25, 0.3) is 0 Å². The van der Waals surface area contributed by atoms with E-state index in [1.807, 2.05) is 13.0 Å². The molecule has 0 aromatic heterocycles. The first-order valence-corrected chi connectivity index (χ1v) is 11.1. The molecule has 1 aliphatic rings. The summed E-state index contributed by atoms with van der Waals surface area (Å²) in [6, 6.07) is 9.57. The Morgan fingerprint density at radius 3 is 2.46 bits per heavy atom. The zero-order valence-electron chi connectivity index (χ0n) is 15.4. The Hall–Kier alpha value is -1.90. The highest BCUT2D eigenvalue weighted by atomic mass is 79.9. The van der Waals surface area contributed by atoms with E-state index in [1.165, 1.54) is 18.2 Å². The van der Waals surface area contributed by atoms with E-state index >= 15 is 0 Å². The van der Waals surface area contributed by atoms with Gasteiger partial charge in [-0.3, -0.25) is 9.59 Å². The van der Waals surface area contributed by atoms with Crippen LogP contribution in [-0.2, 0) is 14.8 Å². The summed E-state index contributed by atoms with van der Waals surface area (Å²) in [5, 5.41) is 2.82. The van der Waals surface area contributed by atoms with E-state index in [9.17, 15) is 18.0 Å². The number of amides is 2. The molecule has 0 spiro atoms. The first-order chi connectivity index (χ1) is 12.9. The van der Waals surface area contributed by atoms with Gasteiger partial charge < -0.3 is 5.32 Å². The number of carbonyl (C=O) groups is 2. The summed E-state index contributed by atoms with van der Waals surface area (Å²) >= 11 is 9.58. The van der Waals surface area contributed by atoms with Crippen LogP contribution in [-0.4, -0.2) is 26.0 Å². The molecule has 6 nitrogen and oxygen atoms in total. The lowest BCUT2D eigenvalue weighted by molar-refractivity contribution is -0.123. The Balaban J connectivity index is 1.96. The van der Waals surface area contributed by atoms with E-state index in [4.69, 9.17) is 11.6 Å². The molecule has 1 fully saturated rings. The zero-order valence-corrected chi connectivity index (χ0v) is 18.6. The molecule has 28 heavy (non-hydrogen) atoms. The molecule has 0 atom stereocenters. The number of hydrogen-bond acceptors (Lipinski definition) is 4. The lowest BCUT2D eigenvalue weighted by atomic mass is 9.95. The minimum atomic E-state index is -3.87. The second kappa shape index (κ2) is 7.17. The molecule has 2 aromatic carbocycles. The van der Waals surface area contributed by atoms with Crippen LogP contribution < -0.4 is 9.62 Å². The first-order valence-electron chi connectivity index (χ1n) is 8.37. The minimum absolute atomic E-state index is 0.0185. The van der Waals surface area contributed by atoms with Gasteiger partial charge in [-0.25, -0.2) is 12.7 Å². The van der Waals surface area contributed by atoms with E-state index < -0.39 is 27.3 Å². The maximum atomic E-state index is 12.6. The SMILES string of the molecule is Cc1ccc(NC(=O)c2ccc(Cl)c(N3C(=O)C(C)(C)CS3(=O)=O)c2)cc1Br. The van der Waals surface area contributed by atoms with E-state index in [0.29, 0.717) is 9.99 Å². The number of rotatable bonds is 3. The molecule has 1 heterocycles. The molecule has 0 radical (unpaired) electrons. The Morgan fingerprint density at radius 1 is 1.21 bits per heavy atom. The average molecular weight is 486 g/mol. The molecule has 148 valence electrons. The van der Waals surface area contributed by atoms with Gasteiger partial charge in [0.1, 0.15) is 0 Å². The van der Waals surface area contributed by atoms with Crippen molar-refractivity contribution < 1.29 is 18.0 Å². The molecule has 2 amide bonds. The normalized spacial score (nSPS) is 17.6. The lowest BCUT2D eigenvalue weighted by Crippen LogP contribution is -2.33. The molecule has 1 N–H and O–H groups in total. The van der Waals surface area contributed by atoms with Gasteiger partial charge in [-0.15, -0.1) is 0 Å². The van der Waals surface area contributed by atoms with Crippen molar-refractivity contribution in [1.29, 1.82) is 0 Å². The summed E-state index contributed by atoms with van der Waals surface area (Å²) in [5.41, 5.74) is 0.699. The van der Waals surface area contributed by atoms with Gasteiger partial charge in [-0.1, -0.05) is 33.6 Å². The van der Waals surface area contributed by atoms with Crippen LogP contribution in [0.1, 0.15) is 29.8 Å². The second-order valence-electron chi connectivity index (χ2n) is 7.29. The number of sulfonamides is 1. The third-order valence-electron chi connectivity index (χ3n) is 4.44. The van der Waals surface area contributed by atoms with Crippen molar-refractivity contribution in [3.05, 3.63) is 57.0 Å². The monoisotopic (exact) mass is 484 g/mol. The second-order valence-corrected chi connectivity index (χ2v) is 10.4. The highest BCUT2D eigenvalue weighted by Gasteiger charge is 2.50. The van der Waals surface area contributed by atoms with Crippen LogP contribution >= 0.6 is 27.5 Å². The topological polar surface area (TPSA) is 83.6 Å². The maximum Gasteiger partial charge on any atom is 0.255 e. The fraction of sp³-hybridized carbons (Fsp3) is 0.263. The average Bonchev–Trinajstić information content (AvgIpc) is 2.75. The highest BCUT2D eigenvalue weighted by molar-refractivity contribution is 9.10. The van der Waals surface area contributed by atoms with Crippen molar-refractivity contribution in [3.63, 3.8) is 0 Å². The Kier molecular flexibility index (Phi) is 5.33. The zero-order chi connectivity index (χ0) is 20.9. The van der Waals surface area contributed by atoms with Crippen LogP contribution in [0.2, 0.25) is 5.02 Å². The van der Waals surface area contributed by atoms with Crippen LogP contribution in [0.15, 0.2) is 40.9 Å². The van der Waals surface area contributed by atoms with E-state index in [2.05, 4.69) is 21.2 Å².